The second-order valence-corrected chi connectivity index (χ2v) is 5.12. The summed E-state index contributed by atoms with van der Waals surface area (Å²) in [4.78, 5) is 8.78. The van der Waals surface area contributed by atoms with Gasteiger partial charge in [-0.2, -0.15) is 0 Å². The molecule has 0 aromatic carbocycles. The smallest absolute Gasteiger partial charge is 0.145 e. The Morgan fingerprint density at radius 1 is 1.26 bits per heavy atom. The Bertz CT molecular complexity index is 392. The second-order valence-electron chi connectivity index (χ2n) is 5.12. The first-order valence-electron chi connectivity index (χ1n) is 6.26. The molecule has 0 saturated heterocycles. The molecule has 0 aliphatic heterocycles. The Balaban J connectivity index is 2.67. The van der Waals surface area contributed by atoms with Crippen molar-refractivity contribution in [2.45, 2.75) is 26.2 Å². The number of hydrazine groups is 1. The lowest BCUT2D eigenvalue weighted by Crippen LogP contribution is -2.20. The van der Waals surface area contributed by atoms with E-state index in [4.69, 9.17) is 15.7 Å². The molecule has 0 amide bonds. The van der Waals surface area contributed by atoms with E-state index in [1.54, 1.807) is 6.07 Å². The topological polar surface area (TPSA) is 105 Å². The molecule has 1 rings (SSSR count). The average Bonchev–Trinajstić information content (AvgIpc) is 2.37. The fourth-order valence-corrected chi connectivity index (χ4v) is 1.37. The van der Waals surface area contributed by atoms with Crippen LogP contribution in [0.3, 0.4) is 0 Å². The average molecular weight is 269 g/mol. The summed E-state index contributed by atoms with van der Waals surface area (Å²) in [7, 11) is 0. The molecule has 0 aliphatic carbocycles. The van der Waals surface area contributed by atoms with E-state index in [2.05, 4.69) is 20.7 Å². The van der Waals surface area contributed by atoms with Crippen molar-refractivity contribution in [2.75, 3.05) is 37.1 Å². The molecular weight excluding hydrogens is 246 g/mol. The molecule has 5 N–H and O–H groups in total. The summed E-state index contributed by atoms with van der Waals surface area (Å²) < 4.78 is 5.16. The van der Waals surface area contributed by atoms with Crippen molar-refractivity contribution >= 4 is 11.6 Å². The molecule has 1 aromatic heterocycles. The van der Waals surface area contributed by atoms with Crippen LogP contribution < -0.4 is 16.6 Å². The Labute approximate surface area is 113 Å². The van der Waals surface area contributed by atoms with Crippen LogP contribution in [-0.2, 0) is 10.2 Å². The molecule has 7 heteroatoms. The van der Waals surface area contributed by atoms with Crippen LogP contribution in [0, 0.1) is 0 Å². The molecule has 1 heterocycles. The number of nitrogens with zero attached hydrogens (tertiary/aromatic N) is 2. The molecule has 108 valence electrons. The zero-order valence-electron chi connectivity index (χ0n) is 11.7. The lowest BCUT2D eigenvalue weighted by molar-refractivity contribution is 0.0992. The van der Waals surface area contributed by atoms with Gasteiger partial charge in [0.15, 0.2) is 0 Å². The Kier molecular flexibility index (Phi) is 5.94. The van der Waals surface area contributed by atoms with E-state index >= 15 is 0 Å². The highest BCUT2D eigenvalue weighted by molar-refractivity contribution is 5.47. The molecule has 0 atom stereocenters. The van der Waals surface area contributed by atoms with Crippen molar-refractivity contribution in [3.8, 4) is 0 Å². The van der Waals surface area contributed by atoms with E-state index in [1.807, 2.05) is 20.8 Å². The first-order chi connectivity index (χ1) is 8.97. The molecule has 0 aliphatic rings. The lowest BCUT2D eigenvalue weighted by Gasteiger charge is -2.18. The van der Waals surface area contributed by atoms with Gasteiger partial charge in [-0.3, -0.25) is 0 Å². The predicted molar refractivity (Wildman–Crippen MR) is 74.9 cm³/mol. The Hall–Kier alpha value is -1.44. The normalized spacial score (nSPS) is 11.4. The number of anilines is 2. The van der Waals surface area contributed by atoms with Crippen molar-refractivity contribution in [1.82, 2.24) is 9.97 Å². The maximum atomic E-state index is 8.59. The van der Waals surface area contributed by atoms with Crippen molar-refractivity contribution in [3.63, 3.8) is 0 Å². The minimum atomic E-state index is -0.156. The minimum Gasteiger partial charge on any atom is -0.394 e. The van der Waals surface area contributed by atoms with Gasteiger partial charge in [0, 0.05) is 18.0 Å². The monoisotopic (exact) mass is 269 g/mol. The summed E-state index contributed by atoms with van der Waals surface area (Å²) in [6, 6.07) is 1.74. The third-order valence-electron chi connectivity index (χ3n) is 2.33. The van der Waals surface area contributed by atoms with Crippen LogP contribution in [0.25, 0.3) is 0 Å². The molecule has 19 heavy (non-hydrogen) atoms. The summed E-state index contributed by atoms with van der Waals surface area (Å²) in [6.07, 6.45) is 0. The van der Waals surface area contributed by atoms with Crippen molar-refractivity contribution in [1.29, 1.82) is 0 Å². The summed E-state index contributed by atoms with van der Waals surface area (Å²) in [6.45, 7) is 7.59. The van der Waals surface area contributed by atoms with Crippen molar-refractivity contribution in [2.24, 2.45) is 5.84 Å². The van der Waals surface area contributed by atoms with Crippen LogP contribution in [-0.4, -0.2) is 41.4 Å². The molecule has 0 bridgehead atoms. The lowest BCUT2D eigenvalue weighted by atomic mass is 9.96. The third-order valence-corrected chi connectivity index (χ3v) is 2.33. The second kappa shape index (κ2) is 7.22. The van der Waals surface area contributed by atoms with Crippen LogP contribution in [0.2, 0.25) is 0 Å². The number of hydrogen-bond donors (Lipinski definition) is 4. The van der Waals surface area contributed by atoms with Crippen molar-refractivity contribution < 1.29 is 9.84 Å². The number of aliphatic hydroxyl groups excluding tert-OH is 1. The highest BCUT2D eigenvalue weighted by atomic mass is 16.5. The molecule has 0 radical (unpaired) electrons. The minimum absolute atomic E-state index is 0.0307. The number of hydrogen-bond acceptors (Lipinski definition) is 7. The number of ether oxygens (including phenoxy) is 1. The van der Waals surface area contributed by atoms with Crippen LogP contribution >= 0.6 is 0 Å². The molecule has 0 saturated carbocycles. The number of nitrogen functional groups attached to an aromatic ring is 1. The van der Waals surface area contributed by atoms with Gasteiger partial charge >= 0.3 is 0 Å². The summed E-state index contributed by atoms with van der Waals surface area (Å²) in [5, 5.41) is 11.7. The van der Waals surface area contributed by atoms with Gasteiger partial charge in [0.2, 0.25) is 0 Å². The molecule has 7 nitrogen and oxygen atoms in total. The maximum Gasteiger partial charge on any atom is 0.145 e. The standard InChI is InChI=1S/C12H23N5O2/c1-12(2,3)11-15-9(8-10(16-11)17-13)14-4-6-19-7-5-18/h8,18H,4-7,13H2,1-3H3,(H2,14,15,16,17). The van der Waals surface area contributed by atoms with Gasteiger partial charge in [0.1, 0.15) is 17.5 Å². The van der Waals surface area contributed by atoms with E-state index in [0.717, 1.165) is 0 Å². The molecule has 0 spiro atoms. The molecule has 1 aromatic rings. The summed E-state index contributed by atoms with van der Waals surface area (Å²) in [5.74, 6) is 7.38. The van der Waals surface area contributed by atoms with E-state index in [0.29, 0.717) is 37.2 Å². The van der Waals surface area contributed by atoms with Gasteiger partial charge in [-0.15, -0.1) is 0 Å². The first-order valence-corrected chi connectivity index (χ1v) is 6.26. The molecular formula is C12H23N5O2. The predicted octanol–water partition coefficient (Wildman–Crippen LogP) is 0.480. The SMILES string of the molecule is CC(C)(C)c1nc(NN)cc(NCCOCCO)n1. The van der Waals surface area contributed by atoms with Gasteiger partial charge in [0.05, 0.1) is 19.8 Å². The molecule has 0 fully saturated rings. The number of aromatic nitrogens is 2. The van der Waals surface area contributed by atoms with Crippen LogP contribution in [0.1, 0.15) is 26.6 Å². The zero-order chi connectivity index (χ0) is 14.3. The van der Waals surface area contributed by atoms with Crippen LogP contribution in [0.15, 0.2) is 6.07 Å². The van der Waals surface area contributed by atoms with E-state index in [-0.39, 0.29) is 12.0 Å². The first kappa shape index (κ1) is 15.6. The number of rotatable bonds is 7. The quantitative estimate of drug-likeness (QED) is 0.324. The molecule has 0 unspecified atom stereocenters. The number of aliphatic hydroxyl groups is 1. The van der Waals surface area contributed by atoms with Crippen LogP contribution in [0.5, 0.6) is 0 Å². The van der Waals surface area contributed by atoms with Gasteiger partial charge in [0.25, 0.3) is 0 Å². The summed E-state index contributed by atoms with van der Waals surface area (Å²) >= 11 is 0. The van der Waals surface area contributed by atoms with E-state index in [9.17, 15) is 0 Å². The highest BCUT2D eigenvalue weighted by Crippen LogP contribution is 2.21. The zero-order valence-corrected chi connectivity index (χ0v) is 11.7. The Morgan fingerprint density at radius 3 is 2.53 bits per heavy atom. The largest absolute Gasteiger partial charge is 0.394 e. The van der Waals surface area contributed by atoms with E-state index in [1.165, 1.54) is 0 Å². The fourth-order valence-electron chi connectivity index (χ4n) is 1.37. The fraction of sp³-hybridized carbons (Fsp3) is 0.667. The maximum absolute atomic E-state index is 8.59. The van der Waals surface area contributed by atoms with Gasteiger partial charge in [-0.05, 0) is 0 Å². The van der Waals surface area contributed by atoms with E-state index < -0.39 is 0 Å². The Morgan fingerprint density at radius 2 is 1.95 bits per heavy atom. The van der Waals surface area contributed by atoms with Crippen molar-refractivity contribution in [3.05, 3.63) is 11.9 Å². The summed E-state index contributed by atoms with van der Waals surface area (Å²) in [5.41, 5.74) is 2.38. The van der Waals surface area contributed by atoms with Gasteiger partial charge in [-0.1, -0.05) is 20.8 Å². The number of nitrogens with two attached hydrogens (primary N) is 1. The number of nitrogens with one attached hydrogen (secondary N) is 2. The third kappa shape index (κ3) is 5.37. The highest BCUT2D eigenvalue weighted by Gasteiger charge is 2.18. The van der Waals surface area contributed by atoms with Crippen LogP contribution in [0.4, 0.5) is 11.6 Å². The van der Waals surface area contributed by atoms with Gasteiger partial charge < -0.3 is 20.6 Å². The van der Waals surface area contributed by atoms with Gasteiger partial charge in [-0.25, -0.2) is 15.8 Å².